The molecule has 1 saturated heterocycles. The summed E-state index contributed by atoms with van der Waals surface area (Å²) in [6.07, 6.45) is 7.10. The number of rotatable bonds is 2. The molecular formula is C14H16N2O. The fourth-order valence-electron chi connectivity index (χ4n) is 2.39. The molecule has 3 rings (SSSR count). The summed E-state index contributed by atoms with van der Waals surface area (Å²) in [4.78, 5) is 4.19. The Kier molecular flexibility index (Phi) is 2.92. The maximum atomic E-state index is 5.33. The second kappa shape index (κ2) is 4.72. The van der Waals surface area contributed by atoms with Gasteiger partial charge in [-0.15, -0.1) is 0 Å². The lowest BCUT2D eigenvalue weighted by molar-refractivity contribution is 0.412. The number of piperidine rings is 1. The Morgan fingerprint density at radius 2 is 2.29 bits per heavy atom. The van der Waals surface area contributed by atoms with Crippen molar-refractivity contribution in [3.05, 3.63) is 42.3 Å². The smallest absolute Gasteiger partial charge is 0.225 e. The molecule has 0 radical (unpaired) electrons. The molecule has 1 aromatic carbocycles. The number of oxazole rings is 1. The van der Waals surface area contributed by atoms with Crippen LogP contribution in [0.5, 0.6) is 0 Å². The monoisotopic (exact) mass is 228 g/mol. The zero-order valence-corrected chi connectivity index (χ0v) is 9.73. The van der Waals surface area contributed by atoms with Gasteiger partial charge in [-0.1, -0.05) is 18.6 Å². The lowest BCUT2D eigenvalue weighted by Crippen LogP contribution is -2.26. The Morgan fingerprint density at radius 3 is 3.06 bits per heavy atom. The molecule has 0 spiro atoms. The molecule has 3 heteroatoms. The van der Waals surface area contributed by atoms with Gasteiger partial charge >= 0.3 is 0 Å². The summed E-state index contributed by atoms with van der Waals surface area (Å²) in [5.41, 5.74) is 2.39. The molecule has 1 fully saturated rings. The predicted molar refractivity (Wildman–Crippen MR) is 66.5 cm³/mol. The summed E-state index contributed by atoms with van der Waals surface area (Å²) >= 11 is 0. The van der Waals surface area contributed by atoms with Crippen molar-refractivity contribution in [1.82, 2.24) is 10.3 Å². The molecule has 0 amide bonds. The first-order valence-electron chi connectivity index (χ1n) is 6.17. The van der Waals surface area contributed by atoms with Crippen molar-refractivity contribution < 1.29 is 4.42 Å². The molecule has 3 nitrogen and oxygen atoms in total. The average molecular weight is 228 g/mol. The van der Waals surface area contributed by atoms with Crippen LogP contribution in [-0.4, -0.2) is 11.5 Å². The molecule has 88 valence electrons. The SMILES string of the molecule is c1cc(-c2ncco2)cc(C2CCCCN2)c1. The van der Waals surface area contributed by atoms with E-state index in [9.17, 15) is 0 Å². The summed E-state index contributed by atoms with van der Waals surface area (Å²) in [5, 5.41) is 3.56. The third kappa shape index (κ3) is 2.24. The van der Waals surface area contributed by atoms with Gasteiger partial charge in [-0.25, -0.2) is 4.98 Å². The van der Waals surface area contributed by atoms with Crippen LogP contribution in [0.3, 0.4) is 0 Å². The molecule has 1 N–H and O–H groups in total. The Morgan fingerprint density at radius 1 is 1.29 bits per heavy atom. The fourth-order valence-corrected chi connectivity index (χ4v) is 2.39. The summed E-state index contributed by atoms with van der Waals surface area (Å²) in [7, 11) is 0. The molecule has 1 unspecified atom stereocenters. The van der Waals surface area contributed by atoms with Gasteiger partial charge in [0.1, 0.15) is 6.26 Å². The highest BCUT2D eigenvalue weighted by molar-refractivity contribution is 5.54. The maximum Gasteiger partial charge on any atom is 0.225 e. The summed E-state index contributed by atoms with van der Waals surface area (Å²) in [5.74, 6) is 0.697. The molecule has 0 bridgehead atoms. The van der Waals surface area contributed by atoms with Gasteiger partial charge in [0, 0.05) is 11.6 Å². The molecule has 1 aromatic heterocycles. The van der Waals surface area contributed by atoms with E-state index in [2.05, 4.69) is 28.5 Å². The lowest BCUT2D eigenvalue weighted by atomic mass is 9.96. The number of aromatic nitrogens is 1. The minimum atomic E-state index is 0.485. The Balaban J connectivity index is 1.88. The first-order valence-corrected chi connectivity index (χ1v) is 6.17. The first-order chi connectivity index (χ1) is 8.43. The topological polar surface area (TPSA) is 38.1 Å². The van der Waals surface area contributed by atoms with Crippen LogP contribution in [0.15, 0.2) is 41.1 Å². The third-order valence-corrected chi connectivity index (χ3v) is 3.28. The highest BCUT2D eigenvalue weighted by atomic mass is 16.3. The van der Waals surface area contributed by atoms with Crippen LogP contribution < -0.4 is 5.32 Å². The molecule has 1 atom stereocenters. The minimum absolute atomic E-state index is 0.485. The van der Waals surface area contributed by atoms with E-state index in [-0.39, 0.29) is 0 Å². The van der Waals surface area contributed by atoms with Gasteiger partial charge in [-0.2, -0.15) is 0 Å². The molecule has 0 aliphatic carbocycles. The van der Waals surface area contributed by atoms with Crippen LogP contribution in [-0.2, 0) is 0 Å². The van der Waals surface area contributed by atoms with Gasteiger partial charge in [-0.05, 0) is 37.1 Å². The number of nitrogens with one attached hydrogen (secondary N) is 1. The van der Waals surface area contributed by atoms with Crippen LogP contribution in [0, 0.1) is 0 Å². The summed E-state index contributed by atoms with van der Waals surface area (Å²) < 4.78 is 5.33. The number of hydrogen-bond acceptors (Lipinski definition) is 3. The largest absolute Gasteiger partial charge is 0.445 e. The fraction of sp³-hybridized carbons (Fsp3) is 0.357. The molecule has 2 heterocycles. The average Bonchev–Trinajstić information content (AvgIpc) is 2.94. The van der Waals surface area contributed by atoms with Crippen molar-refractivity contribution in [2.45, 2.75) is 25.3 Å². The number of benzene rings is 1. The van der Waals surface area contributed by atoms with Crippen LogP contribution in [0.1, 0.15) is 30.9 Å². The van der Waals surface area contributed by atoms with Crippen LogP contribution in [0.4, 0.5) is 0 Å². The van der Waals surface area contributed by atoms with E-state index < -0.39 is 0 Å². The Bertz CT molecular complexity index is 473. The van der Waals surface area contributed by atoms with Gasteiger partial charge in [-0.3, -0.25) is 0 Å². The first kappa shape index (κ1) is 10.5. The molecule has 2 aromatic rings. The molecule has 1 aliphatic heterocycles. The van der Waals surface area contributed by atoms with E-state index >= 15 is 0 Å². The van der Waals surface area contributed by atoms with E-state index in [0.29, 0.717) is 11.9 Å². The van der Waals surface area contributed by atoms with Crippen molar-refractivity contribution in [2.75, 3.05) is 6.54 Å². The van der Waals surface area contributed by atoms with Crippen molar-refractivity contribution in [2.24, 2.45) is 0 Å². The van der Waals surface area contributed by atoms with Crippen molar-refractivity contribution in [3.8, 4) is 11.5 Å². The zero-order chi connectivity index (χ0) is 11.5. The highest BCUT2D eigenvalue weighted by Gasteiger charge is 2.15. The third-order valence-electron chi connectivity index (χ3n) is 3.28. The lowest BCUT2D eigenvalue weighted by Gasteiger charge is -2.24. The van der Waals surface area contributed by atoms with Gasteiger partial charge in [0.25, 0.3) is 0 Å². The van der Waals surface area contributed by atoms with E-state index in [4.69, 9.17) is 4.42 Å². The van der Waals surface area contributed by atoms with E-state index in [1.807, 2.05) is 6.07 Å². The van der Waals surface area contributed by atoms with Gasteiger partial charge in [0.2, 0.25) is 5.89 Å². The van der Waals surface area contributed by atoms with Crippen LogP contribution in [0.2, 0.25) is 0 Å². The summed E-state index contributed by atoms with van der Waals surface area (Å²) in [6.45, 7) is 1.12. The van der Waals surface area contributed by atoms with Crippen molar-refractivity contribution >= 4 is 0 Å². The predicted octanol–water partition coefficient (Wildman–Crippen LogP) is 3.16. The second-order valence-corrected chi connectivity index (χ2v) is 4.47. The number of nitrogens with zero attached hydrogens (tertiary/aromatic N) is 1. The van der Waals surface area contributed by atoms with Crippen molar-refractivity contribution in [3.63, 3.8) is 0 Å². The van der Waals surface area contributed by atoms with Crippen LogP contribution >= 0.6 is 0 Å². The Labute approximate surface area is 101 Å². The molecule has 0 saturated carbocycles. The molecule has 17 heavy (non-hydrogen) atoms. The van der Waals surface area contributed by atoms with Crippen LogP contribution in [0.25, 0.3) is 11.5 Å². The quantitative estimate of drug-likeness (QED) is 0.858. The van der Waals surface area contributed by atoms with E-state index in [0.717, 1.165) is 12.1 Å². The Hall–Kier alpha value is -1.61. The highest BCUT2D eigenvalue weighted by Crippen LogP contribution is 2.26. The molecular weight excluding hydrogens is 212 g/mol. The van der Waals surface area contributed by atoms with E-state index in [1.54, 1.807) is 12.5 Å². The normalized spacial score (nSPS) is 20.4. The van der Waals surface area contributed by atoms with Crippen molar-refractivity contribution in [1.29, 1.82) is 0 Å². The standard InChI is InChI=1S/C14H16N2O/c1-2-7-15-13(6-1)11-4-3-5-12(10-11)14-16-8-9-17-14/h3-5,8-10,13,15H,1-2,6-7H2. The minimum Gasteiger partial charge on any atom is -0.445 e. The second-order valence-electron chi connectivity index (χ2n) is 4.47. The van der Waals surface area contributed by atoms with Gasteiger partial charge in [0.05, 0.1) is 6.20 Å². The van der Waals surface area contributed by atoms with E-state index in [1.165, 1.54) is 24.8 Å². The molecule has 1 aliphatic rings. The zero-order valence-electron chi connectivity index (χ0n) is 9.73. The maximum absolute atomic E-state index is 5.33. The van der Waals surface area contributed by atoms with Gasteiger partial charge in [0.15, 0.2) is 0 Å². The summed E-state index contributed by atoms with van der Waals surface area (Å²) in [6, 6.07) is 8.95. The number of hydrogen-bond donors (Lipinski definition) is 1. The van der Waals surface area contributed by atoms with Gasteiger partial charge < -0.3 is 9.73 Å².